The minimum absolute atomic E-state index is 0.228. The van der Waals surface area contributed by atoms with Crippen LogP contribution in [-0.2, 0) is 16.0 Å². The average Bonchev–Trinajstić information content (AvgIpc) is 3.40. The minimum atomic E-state index is -0.639. The van der Waals surface area contributed by atoms with Crippen molar-refractivity contribution in [2.75, 3.05) is 17.2 Å². The van der Waals surface area contributed by atoms with Gasteiger partial charge in [0.15, 0.2) is 5.13 Å². The predicted molar refractivity (Wildman–Crippen MR) is 113 cm³/mol. The van der Waals surface area contributed by atoms with E-state index in [9.17, 15) is 18.4 Å². The standard InChI is InChI=1S/C22H19F2N3O3S/c23-15-7-13(8-16(24)11-15)9-18-12-25-22(31-18)27-20(28)14-3-1-4-17(10-14)26-21(29)19-5-2-6-30-19/h1,3-4,7-8,10-12,19H,2,5-6,9H2,(H,26,29)(H,25,27,28). The molecule has 1 aromatic heterocycles. The van der Waals surface area contributed by atoms with Crippen molar-refractivity contribution in [1.82, 2.24) is 4.98 Å². The molecule has 6 nitrogen and oxygen atoms in total. The molecule has 0 spiro atoms. The van der Waals surface area contributed by atoms with Crippen LogP contribution in [0.25, 0.3) is 0 Å². The highest BCUT2D eigenvalue weighted by atomic mass is 32.1. The van der Waals surface area contributed by atoms with Gasteiger partial charge >= 0.3 is 0 Å². The Labute approximate surface area is 181 Å². The number of carbonyl (C=O) groups is 2. The molecule has 2 amide bonds. The first-order valence-electron chi connectivity index (χ1n) is 9.70. The van der Waals surface area contributed by atoms with Crippen LogP contribution >= 0.6 is 11.3 Å². The van der Waals surface area contributed by atoms with Crippen molar-refractivity contribution in [2.24, 2.45) is 0 Å². The number of carbonyl (C=O) groups excluding carboxylic acids is 2. The fourth-order valence-electron chi connectivity index (χ4n) is 3.28. The summed E-state index contributed by atoms with van der Waals surface area (Å²) in [6, 6.07) is 9.91. The first kappa shape index (κ1) is 21.1. The number of amides is 2. The van der Waals surface area contributed by atoms with Crippen LogP contribution < -0.4 is 10.6 Å². The third-order valence-corrected chi connectivity index (χ3v) is 5.60. The molecular formula is C22H19F2N3O3S. The number of aromatic nitrogens is 1. The Bertz CT molecular complexity index is 1090. The summed E-state index contributed by atoms with van der Waals surface area (Å²) in [4.78, 5) is 29.7. The van der Waals surface area contributed by atoms with Crippen LogP contribution in [0, 0.1) is 11.6 Å². The van der Waals surface area contributed by atoms with E-state index in [1.807, 2.05) is 0 Å². The lowest BCUT2D eigenvalue weighted by Gasteiger charge is -2.11. The topological polar surface area (TPSA) is 80.3 Å². The molecule has 0 bridgehead atoms. The normalized spacial score (nSPS) is 15.6. The Morgan fingerprint density at radius 1 is 1.13 bits per heavy atom. The van der Waals surface area contributed by atoms with E-state index in [0.717, 1.165) is 17.4 Å². The number of nitrogens with zero attached hydrogens (tertiary/aromatic N) is 1. The number of ether oxygens (including phenoxy) is 1. The Kier molecular flexibility index (Phi) is 6.34. The van der Waals surface area contributed by atoms with Gasteiger partial charge < -0.3 is 10.1 Å². The van der Waals surface area contributed by atoms with Gasteiger partial charge in [-0.25, -0.2) is 13.8 Å². The van der Waals surface area contributed by atoms with Gasteiger partial charge in [-0.1, -0.05) is 6.07 Å². The Balaban J connectivity index is 1.39. The van der Waals surface area contributed by atoms with Gasteiger partial charge in [0.05, 0.1) is 0 Å². The molecule has 31 heavy (non-hydrogen) atoms. The molecule has 2 heterocycles. The fourth-order valence-corrected chi connectivity index (χ4v) is 4.12. The highest BCUT2D eigenvalue weighted by Crippen LogP contribution is 2.23. The minimum Gasteiger partial charge on any atom is -0.368 e. The maximum Gasteiger partial charge on any atom is 0.257 e. The van der Waals surface area contributed by atoms with Gasteiger partial charge in [0.1, 0.15) is 17.7 Å². The molecule has 3 aromatic rings. The van der Waals surface area contributed by atoms with E-state index < -0.39 is 17.7 Å². The number of hydrogen-bond donors (Lipinski definition) is 2. The molecule has 160 valence electrons. The second-order valence-electron chi connectivity index (χ2n) is 7.11. The van der Waals surface area contributed by atoms with Crippen LogP contribution in [0.4, 0.5) is 19.6 Å². The molecule has 1 atom stereocenters. The molecule has 1 unspecified atom stereocenters. The van der Waals surface area contributed by atoms with Crippen molar-refractivity contribution in [2.45, 2.75) is 25.4 Å². The van der Waals surface area contributed by atoms with Crippen LogP contribution in [0.3, 0.4) is 0 Å². The lowest BCUT2D eigenvalue weighted by molar-refractivity contribution is -0.124. The quantitative estimate of drug-likeness (QED) is 0.593. The highest BCUT2D eigenvalue weighted by molar-refractivity contribution is 7.15. The van der Waals surface area contributed by atoms with Crippen molar-refractivity contribution >= 4 is 34.0 Å². The summed E-state index contributed by atoms with van der Waals surface area (Å²) in [6.07, 6.45) is 2.93. The largest absolute Gasteiger partial charge is 0.368 e. The van der Waals surface area contributed by atoms with Gasteiger partial charge in [-0.15, -0.1) is 11.3 Å². The van der Waals surface area contributed by atoms with Gasteiger partial charge in [-0.05, 0) is 48.7 Å². The van der Waals surface area contributed by atoms with Crippen LogP contribution in [0.1, 0.15) is 33.6 Å². The Morgan fingerprint density at radius 2 is 1.94 bits per heavy atom. The molecule has 4 rings (SSSR count). The van der Waals surface area contributed by atoms with Gasteiger partial charge in [0, 0.05) is 41.4 Å². The van der Waals surface area contributed by atoms with Crippen molar-refractivity contribution in [1.29, 1.82) is 0 Å². The zero-order chi connectivity index (χ0) is 21.8. The number of halogens is 2. The molecule has 0 saturated carbocycles. The first-order valence-corrected chi connectivity index (χ1v) is 10.5. The van der Waals surface area contributed by atoms with E-state index in [1.165, 1.54) is 23.5 Å². The lowest BCUT2D eigenvalue weighted by Crippen LogP contribution is -2.27. The number of anilines is 2. The molecule has 1 aliphatic rings. The lowest BCUT2D eigenvalue weighted by atomic mass is 10.1. The molecule has 1 saturated heterocycles. The summed E-state index contributed by atoms with van der Waals surface area (Å²) in [5, 5.41) is 5.84. The molecule has 9 heteroatoms. The van der Waals surface area contributed by atoms with Crippen LogP contribution in [-0.4, -0.2) is 29.5 Å². The number of nitrogens with one attached hydrogen (secondary N) is 2. The Morgan fingerprint density at radius 3 is 2.68 bits per heavy atom. The van der Waals surface area contributed by atoms with E-state index in [1.54, 1.807) is 30.5 Å². The van der Waals surface area contributed by atoms with E-state index in [2.05, 4.69) is 15.6 Å². The smallest absolute Gasteiger partial charge is 0.257 e. The second-order valence-corrected chi connectivity index (χ2v) is 8.23. The van der Waals surface area contributed by atoms with Gasteiger partial charge in [0.25, 0.3) is 11.8 Å². The molecule has 0 radical (unpaired) electrons. The number of rotatable bonds is 6. The third-order valence-electron chi connectivity index (χ3n) is 4.69. The fraction of sp³-hybridized carbons (Fsp3) is 0.227. The van der Waals surface area contributed by atoms with E-state index in [-0.39, 0.29) is 11.8 Å². The first-order chi connectivity index (χ1) is 15.0. The number of hydrogen-bond acceptors (Lipinski definition) is 5. The highest BCUT2D eigenvalue weighted by Gasteiger charge is 2.23. The number of thiazole rings is 1. The molecule has 0 aliphatic carbocycles. The number of benzene rings is 2. The van der Waals surface area contributed by atoms with Crippen molar-refractivity contribution in [3.8, 4) is 0 Å². The van der Waals surface area contributed by atoms with Crippen LogP contribution in [0.15, 0.2) is 48.7 Å². The van der Waals surface area contributed by atoms with Crippen molar-refractivity contribution in [3.63, 3.8) is 0 Å². The Hall–Kier alpha value is -3.17. The summed E-state index contributed by atoms with van der Waals surface area (Å²) in [7, 11) is 0. The zero-order valence-electron chi connectivity index (χ0n) is 16.4. The maximum atomic E-state index is 13.4. The summed E-state index contributed by atoms with van der Waals surface area (Å²) < 4.78 is 32.1. The summed E-state index contributed by atoms with van der Waals surface area (Å²) in [5.41, 5.74) is 1.34. The molecule has 2 aromatic carbocycles. The SMILES string of the molecule is O=C(Nc1ncc(Cc2cc(F)cc(F)c2)s1)c1cccc(NC(=O)C2CCCO2)c1. The van der Waals surface area contributed by atoms with Gasteiger partial charge in [-0.2, -0.15) is 0 Å². The van der Waals surface area contributed by atoms with Gasteiger partial charge in [0.2, 0.25) is 0 Å². The molecule has 1 aliphatic heterocycles. The van der Waals surface area contributed by atoms with Crippen LogP contribution in [0.5, 0.6) is 0 Å². The third kappa shape index (κ3) is 5.50. The van der Waals surface area contributed by atoms with Crippen LogP contribution in [0.2, 0.25) is 0 Å². The maximum absolute atomic E-state index is 13.4. The summed E-state index contributed by atoms with van der Waals surface area (Å²) in [5.74, 6) is -1.89. The summed E-state index contributed by atoms with van der Waals surface area (Å²) in [6.45, 7) is 0.574. The van der Waals surface area contributed by atoms with E-state index in [0.29, 0.717) is 41.4 Å². The molecule has 1 fully saturated rings. The summed E-state index contributed by atoms with van der Waals surface area (Å²) >= 11 is 1.22. The van der Waals surface area contributed by atoms with Crippen molar-refractivity contribution < 1.29 is 23.1 Å². The molecular weight excluding hydrogens is 424 g/mol. The zero-order valence-corrected chi connectivity index (χ0v) is 17.2. The van der Waals surface area contributed by atoms with Gasteiger partial charge in [-0.3, -0.25) is 14.9 Å². The monoisotopic (exact) mass is 443 g/mol. The van der Waals surface area contributed by atoms with Crippen molar-refractivity contribution in [3.05, 3.63) is 76.3 Å². The van der Waals surface area contributed by atoms with E-state index >= 15 is 0 Å². The predicted octanol–water partition coefficient (Wildman–Crippen LogP) is 4.38. The molecule has 2 N–H and O–H groups in total. The average molecular weight is 443 g/mol. The van der Waals surface area contributed by atoms with E-state index in [4.69, 9.17) is 4.74 Å². The second kappa shape index (κ2) is 9.32.